The predicted octanol–water partition coefficient (Wildman–Crippen LogP) is 1.36. The summed E-state index contributed by atoms with van der Waals surface area (Å²) in [6.45, 7) is 4.42. The van der Waals surface area contributed by atoms with Gasteiger partial charge in [-0.05, 0) is 51.6 Å². The molecule has 2 saturated heterocycles. The van der Waals surface area contributed by atoms with E-state index in [4.69, 9.17) is 0 Å². The summed E-state index contributed by atoms with van der Waals surface area (Å²) in [4.78, 5) is 16.0. The van der Waals surface area contributed by atoms with Crippen LogP contribution in [-0.2, 0) is 4.79 Å². The third-order valence-electron chi connectivity index (χ3n) is 4.22. The van der Waals surface area contributed by atoms with Gasteiger partial charge < -0.3 is 10.0 Å². The molecule has 0 aromatic heterocycles. The van der Waals surface area contributed by atoms with Gasteiger partial charge in [-0.25, -0.2) is 0 Å². The van der Waals surface area contributed by atoms with Crippen LogP contribution in [0.25, 0.3) is 0 Å². The quantitative estimate of drug-likeness (QED) is 0.819. The zero-order chi connectivity index (χ0) is 13.0. The molecule has 2 fully saturated rings. The zero-order valence-corrected chi connectivity index (χ0v) is 12.0. The number of rotatable bonds is 5. The van der Waals surface area contributed by atoms with Gasteiger partial charge in [-0.3, -0.25) is 9.69 Å². The van der Waals surface area contributed by atoms with Crippen LogP contribution in [-0.4, -0.2) is 71.1 Å². The lowest BCUT2D eigenvalue weighted by molar-refractivity contribution is -0.143. The van der Waals surface area contributed by atoms with Gasteiger partial charge in [0, 0.05) is 18.3 Å². The Morgan fingerprint density at radius 2 is 2.00 bits per heavy atom. The Balaban J connectivity index is 1.80. The number of aliphatic carboxylic acids is 1. The van der Waals surface area contributed by atoms with E-state index >= 15 is 0 Å². The van der Waals surface area contributed by atoms with Gasteiger partial charge in [0.05, 0.1) is 0 Å². The van der Waals surface area contributed by atoms with Crippen molar-refractivity contribution in [1.82, 2.24) is 9.80 Å². The number of thioether (sulfide) groups is 1. The second-order valence-electron chi connectivity index (χ2n) is 5.30. The van der Waals surface area contributed by atoms with Gasteiger partial charge in [0.2, 0.25) is 0 Å². The minimum Gasteiger partial charge on any atom is -0.480 e. The fourth-order valence-electron chi connectivity index (χ4n) is 3.19. The number of carbonyl (C=O) groups is 1. The van der Waals surface area contributed by atoms with Crippen LogP contribution in [0.5, 0.6) is 0 Å². The summed E-state index contributed by atoms with van der Waals surface area (Å²) in [6, 6.07) is 0.284. The molecule has 0 aromatic rings. The maximum absolute atomic E-state index is 11.2. The minimum atomic E-state index is -0.627. The lowest BCUT2D eigenvalue weighted by Crippen LogP contribution is -2.49. The summed E-state index contributed by atoms with van der Waals surface area (Å²) < 4.78 is 0. The topological polar surface area (TPSA) is 43.8 Å². The molecule has 0 aliphatic carbocycles. The molecule has 0 amide bonds. The molecule has 0 radical (unpaired) electrons. The summed E-state index contributed by atoms with van der Waals surface area (Å²) >= 11 is 1.90. The number of carboxylic acids is 1. The van der Waals surface area contributed by atoms with E-state index in [2.05, 4.69) is 16.1 Å². The molecule has 104 valence electrons. The van der Waals surface area contributed by atoms with Crippen LogP contribution in [0.2, 0.25) is 0 Å². The molecular weight excluding hydrogens is 248 g/mol. The van der Waals surface area contributed by atoms with Crippen LogP contribution in [0.3, 0.4) is 0 Å². The van der Waals surface area contributed by atoms with Gasteiger partial charge in [-0.15, -0.1) is 0 Å². The highest BCUT2D eigenvalue weighted by Crippen LogP contribution is 2.26. The molecule has 0 aromatic carbocycles. The molecular formula is C13H24N2O2S. The molecule has 1 unspecified atom stereocenters. The van der Waals surface area contributed by atoms with Crippen LogP contribution in [0.4, 0.5) is 0 Å². The van der Waals surface area contributed by atoms with Crippen molar-refractivity contribution in [3.8, 4) is 0 Å². The van der Waals surface area contributed by atoms with Crippen molar-refractivity contribution in [2.75, 3.05) is 38.2 Å². The molecule has 2 aliphatic heterocycles. The third kappa shape index (κ3) is 3.39. The Kier molecular flexibility index (Phi) is 5.33. The average Bonchev–Trinajstić information content (AvgIpc) is 2.86. The molecule has 2 rings (SSSR count). The Hall–Kier alpha value is -0.260. The summed E-state index contributed by atoms with van der Waals surface area (Å²) in [5.74, 6) is 0.573. The van der Waals surface area contributed by atoms with Gasteiger partial charge >= 0.3 is 5.97 Å². The van der Waals surface area contributed by atoms with E-state index in [0.717, 1.165) is 45.3 Å². The second kappa shape index (κ2) is 6.78. The Bertz CT molecular complexity index is 280. The van der Waals surface area contributed by atoms with Gasteiger partial charge in [-0.2, -0.15) is 11.8 Å². The molecule has 18 heavy (non-hydrogen) atoms. The minimum absolute atomic E-state index is 0.215. The van der Waals surface area contributed by atoms with Crippen molar-refractivity contribution in [2.24, 2.45) is 0 Å². The smallest absolute Gasteiger partial charge is 0.320 e. The van der Waals surface area contributed by atoms with E-state index in [0.29, 0.717) is 6.04 Å². The molecule has 0 bridgehead atoms. The van der Waals surface area contributed by atoms with E-state index < -0.39 is 5.97 Å². The van der Waals surface area contributed by atoms with Crippen molar-refractivity contribution >= 4 is 17.7 Å². The first-order chi connectivity index (χ1) is 8.72. The standard InChI is InChI=1S/C13H24N2O2S/c1-18-10-9-14-7-4-11(5-8-14)15-6-2-3-12(15)13(16)17/h11-12H,2-10H2,1H3,(H,16,17). The molecule has 2 heterocycles. The molecule has 0 saturated carbocycles. The number of likely N-dealkylation sites (tertiary alicyclic amines) is 2. The maximum Gasteiger partial charge on any atom is 0.320 e. The summed E-state index contributed by atoms with van der Waals surface area (Å²) in [5.41, 5.74) is 0. The lowest BCUT2D eigenvalue weighted by atomic mass is 10.0. The van der Waals surface area contributed by atoms with Crippen LogP contribution >= 0.6 is 11.8 Å². The molecule has 5 heteroatoms. The van der Waals surface area contributed by atoms with Crippen LogP contribution < -0.4 is 0 Å². The maximum atomic E-state index is 11.2. The molecule has 2 aliphatic rings. The van der Waals surface area contributed by atoms with E-state index in [1.807, 2.05) is 11.8 Å². The molecule has 1 N–H and O–H groups in total. The number of carboxylic acid groups (broad SMARTS) is 1. The number of nitrogens with zero attached hydrogens (tertiary/aromatic N) is 2. The van der Waals surface area contributed by atoms with Gasteiger partial charge in [-0.1, -0.05) is 0 Å². The SMILES string of the molecule is CSCCN1CCC(N2CCCC2C(=O)O)CC1. The van der Waals surface area contributed by atoms with Crippen molar-refractivity contribution < 1.29 is 9.90 Å². The Morgan fingerprint density at radius 1 is 1.28 bits per heavy atom. The Labute approximate surface area is 114 Å². The van der Waals surface area contributed by atoms with Crippen molar-refractivity contribution in [2.45, 2.75) is 37.8 Å². The number of hydrogen-bond donors (Lipinski definition) is 1. The predicted molar refractivity (Wildman–Crippen MR) is 75.2 cm³/mol. The highest BCUT2D eigenvalue weighted by atomic mass is 32.2. The summed E-state index contributed by atoms with van der Waals surface area (Å²) in [5, 5.41) is 9.23. The van der Waals surface area contributed by atoms with Crippen LogP contribution in [0.15, 0.2) is 0 Å². The van der Waals surface area contributed by atoms with Crippen molar-refractivity contribution in [3.05, 3.63) is 0 Å². The summed E-state index contributed by atoms with van der Waals surface area (Å²) in [7, 11) is 0. The lowest BCUT2D eigenvalue weighted by Gasteiger charge is -2.38. The first-order valence-electron chi connectivity index (χ1n) is 6.92. The third-order valence-corrected chi connectivity index (χ3v) is 4.81. The highest BCUT2D eigenvalue weighted by molar-refractivity contribution is 7.98. The van der Waals surface area contributed by atoms with Gasteiger partial charge in [0.25, 0.3) is 0 Å². The Morgan fingerprint density at radius 3 is 2.61 bits per heavy atom. The van der Waals surface area contributed by atoms with E-state index in [1.54, 1.807) is 0 Å². The number of hydrogen-bond acceptors (Lipinski definition) is 4. The largest absolute Gasteiger partial charge is 0.480 e. The first kappa shape index (κ1) is 14.2. The second-order valence-corrected chi connectivity index (χ2v) is 6.29. The van der Waals surface area contributed by atoms with E-state index in [-0.39, 0.29) is 6.04 Å². The van der Waals surface area contributed by atoms with E-state index in [1.165, 1.54) is 12.3 Å². The first-order valence-corrected chi connectivity index (χ1v) is 8.31. The zero-order valence-electron chi connectivity index (χ0n) is 11.2. The molecule has 4 nitrogen and oxygen atoms in total. The van der Waals surface area contributed by atoms with Crippen molar-refractivity contribution in [1.29, 1.82) is 0 Å². The fourth-order valence-corrected chi connectivity index (χ4v) is 3.63. The summed E-state index contributed by atoms with van der Waals surface area (Å²) in [6.07, 6.45) is 6.30. The normalized spacial score (nSPS) is 27.7. The number of piperidine rings is 1. The average molecular weight is 272 g/mol. The fraction of sp³-hybridized carbons (Fsp3) is 0.923. The van der Waals surface area contributed by atoms with Crippen LogP contribution in [0, 0.1) is 0 Å². The van der Waals surface area contributed by atoms with Gasteiger partial charge in [0.1, 0.15) is 6.04 Å². The molecule has 0 spiro atoms. The van der Waals surface area contributed by atoms with Crippen LogP contribution in [0.1, 0.15) is 25.7 Å². The van der Waals surface area contributed by atoms with Crippen molar-refractivity contribution in [3.63, 3.8) is 0 Å². The highest BCUT2D eigenvalue weighted by Gasteiger charge is 2.36. The monoisotopic (exact) mass is 272 g/mol. The molecule has 1 atom stereocenters. The van der Waals surface area contributed by atoms with Gasteiger partial charge in [0.15, 0.2) is 0 Å². The van der Waals surface area contributed by atoms with E-state index in [9.17, 15) is 9.90 Å².